The van der Waals surface area contributed by atoms with Gasteiger partial charge in [-0.3, -0.25) is 0 Å². The first-order valence-corrected chi connectivity index (χ1v) is 39.7. The van der Waals surface area contributed by atoms with Crippen molar-refractivity contribution in [3.05, 3.63) is 267 Å². The first-order valence-electron chi connectivity index (χ1n) is 39.7. The minimum Gasteiger partial charge on any atom is -0.497 e. The van der Waals surface area contributed by atoms with Gasteiger partial charge in [0.15, 0.2) is 0 Å². The number of aliphatic hydroxyl groups is 4. The van der Waals surface area contributed by atoms with Crippen LogP contribution in [0.4, 0.5) is 22.0 Å². The van der Waals surface area contributed by atoms with E-state index in [0.29, 0.717) is 62.5 Å². The molecule has 0 saturated carbocycles. The van der Waals surface area contributed by atoms with E-state index in [-0.39, 0.29) is 106 Å². The predicted octanol–water partition coefficient (Wildman–Crippen LogP) is 26.8. The largest absolute Gasteiger partial charge is 0.497 e. The van der Waals surface area contributed by atoms with Gasteiger partial charge in [-0.1, -0.05) is 236 Å². The molecule has 0 amide bonds. The summed E-state index contributed by atoms with van der Waals surface area (Å²) in [6.07, 6.45) is 0.977. The van der Waals surface area contributed by atoms with Crippen molar-refractivity contribution in [1.29, 1.82) is 0 Å². The molecule has 14 heteroatoms. The molecule has 0 spiro atoms. The van der Waals surface area contributed by atoms with Crippen LogP contribution >= 0.6 is 0 Å². The Balaban J connectivity index is 0.000000224. The molecule has 0 bridgehead atoms. The quantitative estimate of drug-likeness (QED) is 0.0552. The first kappa shape index (κ1) is 94.5. The van der Waals surface area contributed by atoms with Gasteiger partial charge in [-0.25, -0.2) is 22.0 Å². The molecule has 0 radical (unpaired) electrons. The van der Waals surface area contributed by atoms with E-state index in [4.69, 9.17) is 23.7 Å². The number of halogens is 5. The highest BCUT2D eigenvalue weighted by atomic mass is 19.1. The molecule has 10 rings (SSSR count). The van der Waals surface area contributed by atoms with E-state index in [1.807, 2.05) is 78.9 Å². The lowest BCUT2D eigenvalue weighted by Gasteiger charge is -2.30. The monoisotopic (exact) mass is 1580 g/mol. The van der Waals surface area contributed by atoms with E-state index in [9.17, 15) is 42.4 Å². The molecule has 3 unspecified atom stereocenters. The van der Waals surface area contributed by atoms with E-state index in [1.54, 1.807) is 96.2 Å². The van der Waals surface area contributed by atoms with E-state index < -0.39 is 0 Å². The van der Waals surface area contributed by atoms with Gasteiger partial charge in [0.25, 0.3) is 0 Å². The van der Waals surface area contributed by atoms with Crippen molar-refractivity contribution >= 4 is 0 Å². The number of benzene rings is 10. The van der Waals surface area contributed by atoms with Gasteiger partial charge >= 0.3 is 0 Å². The van der Waals surface area contributed by atoms with Crippen LogP contribution < -0.4 is 23.7 Å². The van der Waals surface area contributed by atoms with E-state index in [2.05, 4.69) is 158 Å². The van der Waals surface area contributed by atoms with Crippen LogP contribution in [-0.4, -0.2) is 56.0 Å². The highest BCUT2D eigenvalue weighted by Gasteiger charge is 2.31. The lowest BCUT2D eigenvalue weighted by atomic mass is 9.75. The Labute approximate surface area is 684 Å². The third kappa shape index (κ3) is 24.9. The molecule has 0 aromatic heterocycles. The molecule has 4 N–H and O–H groups in total. The fourth-order valence-electron chi connectivity index (χ4n) is 13.2. The van der Waals surface area contributed by atoms with Crippen LogP contribution in [0.25, 0.3) is 55.6 Å². The van der Waals surface area contributed by atoms with E-state index in [1.165, 1.54) is 41.5 Å². The number of hydrogen-bond donors (Lipinski definition) is 4. The molecule has 0 aliphatic heterocycles. The number of rotatable bonds is 20. The van der Waals surface area contributed by atoms with Crippen molar-refractivity contribution in [3.8, 4) is 84.4 Å². The number of methoxy groups -OCH3 is 5. The average Bonchev–Trinajstić information content (AvgIpc) is 0.810. The minimum atomic E-state index is -0.273. The normalized spacial score (nSPS) is 13.0. The van der Waals surface area contributed by atoms with Crippen LogP contribution in [0.15, 0.2) is 182 Å². The van der Waals surface area contributed by atoms with Gasteiger partial charge < -0.3 is 44.1 Å². The fraction of sp³-hybridized carbons (Fsp3) is 0.406. The Hall–Kier alpha value is -9.31. The molecule has 10 aromatic rings. The summed E-state index contributed by atoms with van der Waals surface area (Å²) in [6, 6.07) is 53.2. The summed E-state index contributed by atoms with van der Waals surface area (Å²) >= 11 is 0. The molecule has 620 valence electrons. The summed E-state index contributed by atoms with van der Waals surface area (Å²) in [5.41, 5.74) is 17.3. The predicted molar refractivity (Wildman–Crippen MR) is 464 cm³/mol. The Morgan fingerprint density at radius 2 is 0.391 bits per heavy atom. The van der Waals surface area contributed by atoms with Crippen molar-refractivity contribution < 1.29 is 66.1 Å². The lowest BCUT2D eigenvalue weighted by molar-refractivity contribution is 0.281. The SMILES string of the molecule is CCc1ccc(-c2cc(OC)ccc2F)c(C(C)C(C)(C)C)c1.COc1ccc(F)c(-c2ccc(CO)cc2C(C)C(C)(C)C)c1.COc1ccc(F)c(-c2ccc(CO)cc2C(C)C(C)(C)C)c1.COc1ccc(F)c(-c2ccc(CO)cc2[C@@H](C)C(C)(C)C)c1.COc1ccc(F)c(-c2ccc(CO)cc2[C@H](C)C(C)(C)C)c1. The molecule has 0 fully saturated rings. The highest BCUT2D eigenvalue weighted by Crippen LogP contribution is 2.48. The number of hydrogen-bond acceptors (Lipinski definition) is 9. The van der Waals surface area contributed by atoms with Gasteiger partial charge in [0, 0.05) is 27.8 Å². The molecular weight excluding hydrogens is 1450 g/mol. The zero-order valence-corrected chi connectivity index (χ0v) is 73.0. The molecule has 115 heavy (non-hydrogen) atoms. The van der Waals surface area contributed by atoms with E-state index in [0.717, 1.165) is 78.7 Å². The second kappa shape index (κ2) is 41.0. The van der Waals surface area contributed by atoms with Crippen LogP contribution in [0.3, 0.4) is 0 Å². The van der Waals surface area contributed by atoms with Gasteiger partial charge in [-0.15, -0.1) is 0 Å². The van der Waals surface area contributed by atoms with Crippen molar-refractivity contribution in [2.24, 2.45) is 27.1 Å². The highest BCUT2D eigenvalue weighted by molar-refractivity contribution is 5.75. The molecule has 0 saturated heterocycles. The number of aryl methyl sites for hydroxylation is 1. The summed E-state index contributed by atoms with van der Waals surface area (Å²) in [7, 11) is 7.90. The summed E-state index contributed by atoms with van der Waals surface area (Å²) in [5.74, 6) is 3.01. The molecule has 5 atom stereocenters. The van der Waals surface area contributed by atoms with Crippen molar-refractivity contribution in [1.82, 2.24) is 0 Å². The van der Waals surface area contributed by atoms with E-state index >= 15 is 0 Å². The number of aliphatic hydroxyl groups excluding tert-OH is 4. The van der Waals surface area contributed by atoms with Gasteiger partial charge in [0.1, 0.15) is 57.8 Å². The summed E-state index contributed by atoms with van der Waals surface area (Å²) in [4.78, 5) is 0. The smallest absolute Gasteiger partial charge is 0.131 e. The standard InChI is InChI=1S/C21H27FO.4C20H25FO2/c1-7-15-8-10-17(18(12-15)14(2)21(3,4)5)19-13-16(23-6)9-11-20(19)22;4*1-13(20(2,3)4)17-10-14(12-22)6-8-16(17)18-11-15(23-5)7-9-19(18)21/h8-14H,7H2,1-6H3;4*6-11,13,22H,12H2,1-5H3/t;2*13-;;/m.10../s1. The fourth-order valence-corrected chi connectivity index (χ4v) is 13.2. The Kier molecular flexibility index (Phi) is 33.7. The molecular formula is C101H127F5O9. The summed E-state index contributed by atoms with van der Waals surface area (Å²) in [6.45, 7) is 45.4. The molecule has 0 heterocycles. The third-order valence-electron chi connectivity index (χ3n) is 22.9. The third-order valence-corrected chi connectivity index (χ3v) is 22.9. The van der Waals surface area contributed by atoms with Crippen molar-refractivity contribution in [2.45, 2.75) is 208 Å². The van der Waals surface area contributed by atoms with Gasteiger partial charge in [0.05, 0.1) is 62.0 Å². The lowest BCUT2D eigenvalue weighted by Crippen LogP contribution is -2.16. The molecule has 0 aliphatic carbocycles. The summed E-state index contributed by atoms with van der Waals surface area (Å²) in [5, 5.41) is 37.8. The minimum absolute atomic E-state index is 0.0231. The second-order valence-electron chi connectivity index (χ2n) is 35.3. The van der Waals surface area contributed by atoms with Crippen molar-refractivity contribution in [2.75, 3.05) is 35.5 Å². The Morgan fingerprint density at radius 3 is 0.530 bits per heavy atom. The topological polar surface area (TPSA) is 127 Å². The maximum atomic E-state index is 14.5. The maximum Gasteiger partial charge on any atom is 0.131 e. The average molecular weight is 1580 g/mol. The summed E-state index contributed by atoms with van der Waals surface area (Å²) < 4.78 is 98.3. The van der Waals surface area contributed by atoms with Crippen molar-refractivity contribution in [3.63, 3.8) is 0 Å². The van der Waals surface area contributed by atoms with Gasteiger partial charge in [0.2, 0.25) is 0 Å². The zero-order chi connectivity index (χ0) is 86.0. The molecule has 0 aliphatic rings. The van der Waals surface area contributed by atoms with Crippen LogP contribution in [0.2, 0.25) is 0 Å². The van der Waals surface area contributed by atoms with Crippen LogP contribution in [0.1, 0.15) is 231 Å². The zero-order valence-electron chi connectivity index (χ0n) is 73.0. The number of ether oxygens (including phenoxy) is 5. The first-order chi connectivity index (χ1) is 53.9. The van der Waals surface area contributed by atoms with Crippen LogP contribution in [0.5, 0.6) is 28.7 Å². The van der Waals surface area contributed by atoms with Crippen LogP contribution in [-0.2, 0) is 32.8 Å². The maximum absolute atomic E-state index is 14.5. The van der Waals surface area contributed by atoms with Gasteiger partial charge in [-0.2, -0.15) is 0 Å². The Morgan fingerprint density at radius 1 is 0.235 bits per heavy atom. The second-order valence-corrected chi connectivity index (χ2v) is 35.3. The molecule has 10 aromatic carbocycles. The van der Waals surface area contributed by atoms with Crippen LogP contribution in [0, 0.1) is 56.2 Å². The Bertz CT molecular complexity index is 4130. The molecule has 9 nitrogen and oxygen atoms in total. The van der Waals surface area contributed by atoms with Gasteiger partial charge in [-0.05, 0) is 238 Å².